The minimum atomic E-state index is -0.543. The quantitative estimate of drug-likeness (QED) is 0.849. The van der Waals surface area contributed by atoms with Gasteiger partial charge in [-0.3, -0.25) is 4.79 Å². The van der Waals surface area contributed by atoms with Crippen LogP contribution in [0, 0.1) is 5.82 Å². The van der Waals surface area contributed by atoms with Gasteiger partial charge in [0.25, 0.3) is 5.91 Å². The monoisotopic (exact) mass is 285 g/mol. The van der Waals surface area contributed by atoms with Crippen LogP contribution < -0.4 is 4.74 Å². The number of hydrogen-bond donors (Lipinski definition) is 0. The summed E-state index contributed by atoms with van der Waals surface area (Å²) in [6, 6.07) is 12.4. The van der Waals surface area contributed by atoms with Crippen molar-refractivity contribution in [3.8, 4) is 5.75 Å². The second-order valence-electron chi connectivity index (χ2n) is 5.09. The zero-order valence-electron chi connectivity index (χ0n) is 11.8. The van der Waals surface area contributed by atoms with E-state index in [2.05, 4.69) is 6.07 Å². The summed E-state index contributed by atoms with van der Waals surface area (Å²) in [5.41, 5.74) is 2.48. The molecular formula is C17H16FNO2. The van der Waals surface area contributed by atoms with Gasteiger partial charge in [0.15, 0.2) is 0 Å². The molecule has 0 aliphatic carbocycles. The fraction of sp³-hybridized carbons (Fsp3) is 0.235. The molecule has 4 heteroatoms. The van der Waals surface area contributed by atoms with Crippen LogP contribution in [0.2, 0.25) is 0 Å². The Morgan fingerprint density at radius 3 is 2.67 bits per heavy atom. The number of rotatable bonds is 2. The van der Waals surface area contributed by atoms with Crippen LogP contribution in [0.5, 0.6) is 5.75 Å². The van der Waals surface area contributed by atoms with E-state index in [1.165, 1.54) is 24.8 Å². The molecule has 1 aliphatic heterocycles. The zero-order valence-corrected chi connectivity index (χ0v) is 11.8. The van der Waals surface area contributed by atoms with Gasteiger partial charge in [0, 0.05) is 19.2 Å². The summed E-state index contributed by atoms with van der Waals surface area (Å²) < 4.78 is 19.0. The Bertz CT molecular complexity index is 684. The van der Waals surface area contributed by atoms with Crippen molar-refractivity contribution in [3.05, 3.63) is 65.0 Å². The van der Waals surface area contributed by atoms with Crippen molar-refractivity contribution in [2.45, 2.75) is 13.0 Å². The third-order valence-electron chi connectivity index (χ3n) is 3.82. The molecule has 0 N–H and O–H groups in total. The molecule has 0 saturated carbocycles. The lowest BCUT2D eigenvalue weighted by atomic mass is 9.99. The Balaban J connectivity index is 1.84. The standard InChI is InChI=1S/C17H16FNO2/c1-21-14-6-7-15(16(18)10-14)17(20)19-9-8-12-4-2-3-5-13(12)11-19/h2-7,10H,8-9,11H2,1H3. The Kier molecular flexibility index (Phi) is 3.60. The molecule has 0 aromatic heterocycles. The smallest absolute Gasteiger partial charge is 0.257 e. The Morgan fingerprint density at radius 2 is 1.95 bits per heavy atom. The number of hydrogen-bond acceptors (Lipinski definition) is 2. The first kappa shape index (κ1) is 13.6. The molecule has 0 unspecified atom stereocenters. The molecule has 21 heavy (non-hydrogen) atoms. The van der Waals surface area contributed by atoms with E-state index in [1.807, 2.05) is 18.2 Å². The predicted molar refractivity (Wildman–Crippen MR) is 77.8 cm³/mol. The first-order valence-electron chi connectivity index (χ1n) is 6.88. The first-order chi connectivity index (χ1) is 10.2. The minimum Gasteiger partial charge on any atom is -0.497 e. The second kappa shape index (κ2) is 5.56. The van der Waals surface area contributed by atoms with E-state index >= 15 is 0 Å². The van der Waals surface area contributed by atoms with Gasteiger partial charge in [-0.1, -0.05) is 24.3 Å². The van der Waals surface area contributed by atoms with Crippen molar-refractivity contribution in [2.75, 3.05) is 13.7 Å². The fourth-order valence-electron chi connectivity index (χ4n) is 2.64. The molecule has 2 aromatic carbocycles. The summed E-state index contributed by atoms with van der Waals surface area (Å²) in [7, 11) is 1.47. The number of methoxy groups -OCH3 is 1. The highest BCUT2D eigenvalue weighted by Gasteiger charge is 2.23. The van der Waals surface area contributed by atoms with Crippen LogP contribution in [0.4, 0.5) is 4.39 Å². The van der Waals surface area contributed by atoms with Crippen molar-refractivity contribution in [1.29, 1.82) is 0 Å². The lowest BCUT2D eigenvalue weighted by molar-refractivity contribution is 0.0730. The van der Waals surface area contributed by atoms with Gasteiger partial charge >= 0.3 is 0 Å². The highest BCUT2D eigenvalue weighted by Crippen LogP contribution is 2.22. The molecule has 3 nitrogen and oxygen atoms in total. The molecule has 108 valence electrons. The second-order valence-corrected chi connectivity index (χ2v) is 5.09. The van der Waals surface area contributed by atoms with Crippen molar-refractivity contribution in [1.82, 2.24) is 4.90 Å². The Labute approximate surface area is 123 Å². The van der Waals surface area contributed by atoms with Gasteiger partial charge in [0.2, 0.25) is 0 Å². The van der Waals surface area contributed by atoms with Crippen molar-refractivity contribution < 1.29 is 13.9 Å². The number of carbonyl (C=O) groups excluding carboxylic acids is 1. The largest absolute Gasteiger partial charge is 0.497 e. The van der Waals surface area contributed by atoms with Gasteiger partial charge in [0.1, 0.15) is 11.6 Å². The average molecular weight is 285 g/mol. The molecule has 1 amide bonds. The maximum atomic E-state index is 14.0. The van der Waals surface area contributed by atoms with E-state index in [9.17, 15) is 9.18 Å². The zero-order chi connectivity index (χ0) is 14.8. The molecule has 2 aromatic rings. The average Bonchev–Trinajstić information content (AvgIpc) is 2.53. The first-order valence-corrected chi connectivity index (χ1v) is 6.88. The summed E-state index contributed by atoms with van der Waals surface area (Å²) in [5.74, 6) is -0.407. The predicted octanol–water partition coefficient (Wildman–Crippen LogP) is 3.03. The van der Waals surface area contributed by atoms with Gasteiger partial charge in [-0.05, 0) is 29.7 Å². The van der Waals surface area contributed by atoms with Crippen LogP contribution in [-0.4, -0.2) is 24.5 Å². The summed E-state index contributed by atoms with van der Waals surface area (Å²) in [6.07, 6.45) is 0.805. The topological polar surface area (TPSA) is 29.5 Å². The third kappa shape index (κ3) is 2.61. The molecule has 1 aliphatic rings. The van der Waals surface area contributed by atoms with Gasteiger partial charge in [-0.15, -0.1) is 0 Å². The molecule has 0 atom stereocenters. The lowest BCUT2D eigenvalue weighted by Crippen LogP contribution is -2.36. The SMILES string of the molecule is COc1ccc(C(=O)N2CCc3ccccc3C2)c(F)c1. The highest BCUT2D eigenvalue weighted by molar-refractivity contribution is 5.94. The van der Waals surface area contributed by atoms with Crippen LogP contribution in [0.3, 0.4) is 0 Å². The van der Waals surface area contributed by atoms with Gasteiger partial charge in [-0.2, -0.15) is 0 Å². The van der Waals surface area contributed by atoms with E-state index in [0.717, 1.165) is 12.0 Å². The maximum Gasteiger partial charge on any atom is 0.257 e. The normalized spacial score (nSPS) is 13.7. The number of amides is 1. The summed E-state index contributed by atoms with van der Waals surface area (Å²) in [6.45, 7) is 1.14. The molecule has 0 bridgehead atoms. The number of benzene rings is 2. The van der Waals surface area contributed by atoms with Crippen molar-refractivity contribution in [3.63, 3.8) is 0 Å². The molecule has 3 rings (SSSR count). The van der Waals surface area contributed by atoms with E-state index in [0.29, 0.717) is 18.8 Å². The van der Waals surface area contributed by atoms with Gasteiger partial charge < -0.3 is 9.64 Å². The van der Waals surface area contributed by atoms with Crippen LogP contribution in [0.15, 0.2) is 42.5 Å². The molecule has 0 spiro atoms. The number of carbonyl (C=O) groups is 1. The number of halogens is 1. The van der Waals surface area contributed by atoms with E-state index < -0.39 is 5.82 Å². The van der Waals surface area contributed by atoms with E-state index in [4.69, 9.17) is 4.74 Å². The Hall–Kier alpha value is -2.36. The van der Waals surface area contributed by atoms with Crippen molar-refractivity contribution >= 4 is 5.91 Å². The van der Waals surface area contributed by atoms with Crippen LogP contribution >= 0.6 is 0 Å². The number of nitrogens with zero attached hydrogens (tertiary/aromatic N) is 1. The van der Waals surface area contributed by atoms with Crippen molar-refractivity contribution in [2.24, 2.45) is 0 Å². The highest BCUT2D eigenvalue weighted by atomic mass is 19.1. The van der Waals surface area contributed by atoms with E-state index in [1.54, 1.807) is 11.0 Å². The number of ether oxygens (including phenoxy) is 1. The van der Waals surface area contributed by atoms with Gasteiger partial charge in [0.05, 0.1) is 12.7 Å². The Morgan fingerprint density at radius 1 is 1.19 bits per heavy atom. The molecular weight excluding hydrogens is 269 g/mol. The minimum absolute atomic E-state index is 0.0928. The molecule has 0 saturated heterocycles. The van der Waals surface area contributed by atoms with Crippen LogP contribution in [-0.2, 0) is 13.0 Å². The maximum absolute atomic E-state index is 14.0. The fourth-order valence-corrected chi connectivity index (χ4v) is 2.64. The third-order valence-corrected chi connectivity index (χ3v) is 3.82. The summed E-state index contributed by atoms with van der Waals surface area (Å²) in [5, 5.41) is 0. The van der Waals surface area contributed by atoms with E-state index in [-0.39, 0.29) is 11.5 Å². The summed E-state index contributed by atoms with van der Waals surface area (Å²) in [4.78, 5) is 14.2. The number of fused-ring (bicyclic) bond motifs is 1. The van der Waals surface area contributed by atoms with Crippen LogP contribution in [0.25, 0.3) is 0 Å². The molecule has 0 fully saturated rings. The van der Waals surface area contributed by atoms with Crippen LogP contribution in [0.1, 0.15) is 21.5 Å². The molecule has 0 radical (unpaired) electrons. The summed E-state index contributed by atoms with van der Waals surface area (Å²) >= 11 is 0. The van der Waals surface area contributed by atoms with Gasteiger partial charge in [-0.25, -0.2) is 4.39 Å². The lowest BCUT2D eigenvalue weighted by Gasteiger charge is -2.29. The molecule has 1 heterocycles.